The van der Waals surface area contributed by atoms with Crippen molar-refractivity contribution in [2.45, 2.75) is 0 Å². The van der Waals surface area contributed by atoms with E-state index in [0.29, 0.717) is 5.76 Å². The van der Waals surface area contributed by atoms with Crippen LogP contribution in [0, 0.1) is 0 Å². The Kier molecular flexibility index (Phi) is 3.46. The van der Waals surface area contributed by atoms with Crippen LogP contribution in [0.25, 0.3) is 11.3 Å². The standard InChI is InChI=1S/C11H11N3O3/c15-5-4-13-11(16)9-6-10(17-14-9)8-2-1-3-12-7-8/h1-3,6-7,15H,4-5H2,(H,13,16). The minimum atomic E-state index is -0.377. The molecule has 0 aliphatic heterocycles. The van der Waals surface area contributed by atoms with Crippen LogP contribution in [0.1, 0.15) is 10.5 Å². The summed E-state index contributed by atoms with van der Waals surface area (Å²) in [5, 5.41) is 14.7. The first-order valence-electron chi connectivity index (χ1n) is 5.07. The van der Waals surface area contributed by atoms with Gasteiger partial charge >= 0.3 is 0 Å². The number of aromatic nitrogens is 2. The van der Waals surface area contributed by atoms with E-state index >= 15 is 0 Å². The lowest BCUT2D eigenvalue weighted by Crippen LogP contribution is -2.26. The van der Waals surface area contributed by atoms with E-state index in [0.717, 1.165) is 5.56 Å². The Balaban J connectivity index is 2.14. The van der Waals surface area contributed by atoms with Gasteiger partial charge in [0, 0.05) is 30.6 Å². The molecule has 0 saturated heterocycles. The van der Waals surface area contributed by atoms with Gasteiger partial charge < -0.3 is 14.9 Å². The number of hydrogen-bond donors (Lipinski definition) is 2. The van der Waals surface area contributed by atoms with Crippen molar-refractivity contribution in [3.63, 3.8) is 0 Å². The van der Waals surface area contributed by atoms with Gasteiger partial charge in [0.1, 0.15) is 0 Å². The lowest BCUT2D eigenvalue weighted by Gasteiger charge is -1.97. The number of aliphatic hydroxyl groups excluding tert-OH is 1. The summed E-state index contributed by atoms with van der Waals surface area (Å²) in [5.41, 5.74) is 0.929. The second kappa shape index (κ2) is 5.22. The van der Waals surface area contributed by atoms with Crippen LogP contribution in [-0.4, -0.2) is 34.3 Å². The zero-order valence-corrected chi connectivity index (χ0v) is 8.96. The average molecular weight is 233 g/mol. The molecular weight excluding hydrogens is 222 g/mol. The average Bonchev–Trinajstić information content (AvgIpc) is 2.86. The Morgan fingerprint density at radius 2 is 2.41 bits per heavy atom. The minimum Gasteiger partial charge on any atom is -0.395 e. The van der Waals surface area contributed by atoms with Crippen molar-refractivity contribution in [3.05, 3.63) is 36.3 Å². The van der Waals surface area contributed by atoms with E-state index in [1.54, 1.807) is 18.5 Å². The molecule has 0 atom stereocenters. The summed E-state index contributed by atoms with van der Waals surface area (Å²) in [4.78, 5) is 15.4. The summed E-state index contributed by atoms with van der Waals surface area (Å²) >= 11 is 0. The van der Waals surface area contributed by atoms with Gasteiger partial charge in [-0.1, -0.05) is 5.16 Å². The van der Waals surface area contributed by atoms with E-state index in [9.17, 15) is 4.79 Å². The van der Waals surface area contributed by atoms with Gasteiger partial charge in [0.15, 0.2) is 11.5 Å². The maximum atomic E-state index is 11.5. The number of carbonyl (C=O) groups excluding carboxylic acids is 1. The number of aliphatic hydroxyl groups is 1. The molecule has 0 bridgehead atoms. The van der Waals surface area contributed by atoms with Crippen molar-refractivity contribution in [2.75, 3.05) is 13.2 Å². The van der Waals surface area contributed by atoms with Crippen LogP contribution in [0.2, 0.25) is 0 Å². The van der Waals surface area contributed by atoms with Crippen LogP contribution in [0.3, 0.4) is 0 Å². The van der Waals surface area contributed by atoms with E-state index in [1.807, 2.05) is 6.07 Å². The number of pyridine rings is 1. The van der Waals surface area contributed by atoms with Crippen LogP contribution in [0.5, 0.6) is 0 Å². The van der Waals surface area contributed by atoms with Gasteiger partial charge in [-0.25, -0.2) is 0 Å². The van der Waals surface area contributed by atoms with E-state index in [1.165, 1.54) is 6.07 Å². The van der Waals surface area contributed by atoms with Crippen LogP contribution >= 0.6 is 0 Å². The maximum Gasteiger partial charge on any atom is 0.273 e. The monoisotopic (exact) mass is 233 g/mol. The zero-order chi connectivity index (χ0) is 12.1. The molecule has 6 nitrogen and oxygen atoms in total. The molecular formula is C11H11N3O3. The Morgan fingerprint density at radius 3 is 3.12 bits per heavy atom. The predicted octanol–water partition coefficient (Wildman–Crippen LogP) is 0.459. The second-order valence-corrected chi connectivity index (χ2v) is 3.30. The number of rotatable bonds is 4. The van der Waals surface area contributed by atoms with Crippen LogP contribution in [0.15, 0.2) is 35.1 Å². The molecule has 17 heavy (non-hydrogen) atoms. The number of carbonyl (C=O) groups is 1. The third-order valence-corrected chi connectivity index (χ3v) is 2.09. The SMILES string of the molecule is O=C(NCCO)c1cc(-c2cccnc2)on1. The Bertz CT molecular complexity index is 496. The zero-order valence-electron chi connectivity index (χ0n) is 8.96. The molecule has 2 aromatic rings. The molecule has 0 fully saturated rings. The molecule has 2 heterocycles. The fourth-order valence-electron chi connectivity index (χ4n) is 1.29. The first kappa shape index (κ1) is 11.3. The van der Waals surface area contributed by atoms with E-state index < -0.39 is 0 Å². The van der Waals surface area contributed by atoms with Gasteiger partial charge in [-0.05, 0) is 12.1 Å². The largest absolute Gasteiger partial charge is 0.395 e. The number of nitrogens with one attached hydrogen (secondary N) is 1. The highest BCUT2D eigenvalue weighted by Gasteiger charge is 2.12. The number of nitrogens with zero attached hydrogens (tertiary/aromatic N) is 2. The first-order chi connectivity index (χ1) is 8.31. The Hall–Kier alpha value is -2.21. The molecule has 0 unspecified atom stereocenters. The quantitative estimate of drug-likeness (QED) is 0.800. The van der Waals surface area contributed by atoms with Crippen molar-refractivity contribution >= 4 is 5.91 Å². The third-order valence-electron chi connectivity index (χ3n) is 2.09. The Labute approximate surface area is 97.3 Å². The molecule has 0 aliphatic carbocycles. The maximum absolute atomic E-state index is 11.5. The molecule has 2 aromatic heterocycles. The first-order valence-corrected chi connectivity index (χ1v) is 5.07. The smallest absolute Gasteiger partial charge is 0.273 e. The number of hydrogen-bond acceptors (Lipinski definition) is 5. The molecule has 0 aromatic carbocycles. The highest BCUT2D eigenvalue weighted by Crippen LogP contribution is 2.18. The summed E-state index contributed by atoms with van der Waals surface area (Å²) in [6.07, 6.45) is 3.27. The normalized spacial score (nSPS) is 10.2. The fraction of sp³-hybridized carbons (Fsp3) is 0.182. The summed E-state index contributed by atoms with van der Waals surface area (Å²) in [6, 6.07) is 5.11. The predicted molar refractivity (Wildman–Crippen MR) is 59.2 cm³/mol. The molecule has 0 radical (unpaired) electrons. The van der Waals surface area contributed by atoms with Crippen molar-refractivity contribution < 1.29 is 14.4 Å². The lowest BCUT2D eigenvalue weighted by atomic mass is 10.2. The van der Waals surface area contributed by atoms with Gasteiger partial charge in [0.05, 0.1) is 6.61 Å². The van der Waals surface area contributed by atoms with Crippen molar-refractivity contribution in [3.8, 4) is 11.3 Å². The van der Waals surface area contributed by atoms with Gasteiger partial charge in [-0.3, -0.25) is 9.78 Å². The molecule has 1 amide bonds. The van der Waals surface area contributed by atoms with Crippen LogP contribution in [0.4, 0.5) is 0 Å². The van der Waals surface area contributed by atoms with E-state index in [2.05, 4.69) is 15.5 Å². The highest BCUT2D eigenvalue weighted by atomic mass is 16.5. The summed E-state index contributed by atoms with van der Waals surface area (Å²) in [6.45, 7) is 0.0764. The highest BCUT2D eigenvalue weighted by molar-refractivity contribution is 5.93. The van der Waals surface area contributed by atoms with Crippen LogP contribution < -0.4 is 5.32 Å². The second-order valence-electron chi connectivity index (χ2n) is 3.30. The molecule has 6 heteroatoms. The summed E-state index contributed by atoms with van der Waals surface area (Å²) < 4.78 is 5.04. The van der Waals surface area contributed by atoms with Gasteiger partial charge in [0.25, 0.3) is 5.91 Å². The summed E-state index contributed by atoms with van der Waals surface area (Å²) in [5.74, 6) is 0.102. The number of amides is 1. The molecule has 0 spiro atoms. The topological polar surface area (TPSA) is 88.2 Å². The fourth-order valence-corrected chi connectivity index (χ4v) is 1.29. The molecule has 0 saturated carbocycles. The van der Waals surface area contributed by atoms with Crippen molar-refractivity contribution in [1.29, 1.82) is 0 Å². The third kappa shape index (κ3) is 2.67. The van der Waals surface area contributed by atoms with Gasteiger partial charge in [0.2, 0.25) is 0 Å². The van der Waals surface area contributed by atoms with Gasteiger partial charge in [-0.15, -0.1) is 0 Å². The lowest BCUT2D eigenvalue weighted by molar-refractivity contribution is 0.0936. The van der Waals surface area contributed by atoms with Crippen LogP contribution in [-0.2, 0) is 0 Å². The molecule has 2 rings (SSSR count). The molecule has 0 aliphatic rings. The van der Waals surface area contributed by atoms with Crippen molar-refractivity contribution in [1.82, 2.24) is 15.5 Å². The molecule has 2 N–H and O–H groups in total. The van der Waals surface area contributed by atoms with E-state index in [4.69, 9.17) is 9.63 Å². The minimum absolute atomic E-state index is 0.112. The summed E-state index contributed by atoms with van der Waals surface area (Å²) in [7, 11) is 0. The molecule has 88 valence electrons. The van der Waals surface area contributed by atoms with Gasteiger partial charge in [-0.2, -0.15) is 0 Å². The van der Waals surface area contributed by atoms with E-state index in [-0.39, 0.29) is 24.8 Å². The van der Waals surface area contributed by atoms with Crippen molar-refractivity contribution in [2.24, 2.45) is 0 Å². The Morgan fingerprint density at radius 1 is 1.53 bits per heavy atom.